The number of aliphatic hydroxyl groups excluding tert-OH is 1. The summed E-state index contributed by atoms with van der Waals surface area (Å²) < 4.78 is 42.2. The lowest BCUT2D eigenvalue weighted by Crippen LogP contribution is -2.31. The van der Waals surface area contributed by atoms with Crippen LogP contribution in [0.25, 0.3) is 32.6 Å². The lowest BCUT2D eigenvalue weighted by Gasteiger charge is -2.16. The van der Waals surface area contributed by atoms with Gasteiger partial charge in [0.05, 0.1) is 5.52 Å². The number of hydrogen-bond acceptors (Lipinski definition) is 7. The van der Waals surface area contributed by atoms with Crippen LogP contribution in [0.15, 0.2) is 77.2 Å². The molecule has 4 N–H and O–H groups in total. The van der Waals surface area contributed by atoms with Gasteiger partial charge in [0.15, 0.2) is 5.69 Å². The Morgan fingerprint density at radius 1 is 1.04 bits per heavy atom. The van der Waals surface area contributed by atoms with Gasteiger partial charge in [0, 0.05) is 60.5 Å². The molecule has 0 bridgehead atoms. The highest BCUT2D eigenvalue weighted by molar-refractivity contribution is 7.13. The molecule has 0 fully saturated rings. The molecule has 0 atom stereocenters. The van der Waals surface area contributed by atoms with E-state index >= 15 is 0 Å². The highest BCUT2D eigenvalue weighted by atomic mass is 32.1. The molecule has 238 valence electrons. The van der Waals surface area contributed by atoms with E-state index in [1.54, 1.807) is 29.7 Å². The Hall–Kier alpha value is -5.08. The van der Waals surface area contributed by atoms with Crippen molar-refractivity contribution in [3.8, 4) is 21.7 Å². The van der Waals surface area contributed by atoms with Crippen LogP contribution in [0, 0.1) is 0 Å². The number of carbonyl (C=O) groups excluding carboxylic acids is 2. The number of nitrogens with zero attached hydrogens (tertiary/aromatic N) is 3. The highest BCUT2D eigenvalue weighted by Gasteiger charge is 2.34. The van der Waals surface area contributed by atoms with Gasteiger partial charge in [0.1, 0.15) is 16.4 Å². The number of pyridine rings is 2. The van der Waals surface area contributed by atoms with Crippen LogP contribution in [0.3, 0.4) is 0 Å². The van der Waals surface area contributed by atoms with E-state index in [4.69, 9.17) is 5.11 Å². The monoisotopic (exact) mass is 650 g/mol. The number of nitrogens with one attached hydrogen (secondary N) is 3. The van der Waals surface area contributed by atoms with Crippen LogP contribution in [0.4, 0.5) is 23.8 Å². The van der Waals surface area contributed by atoms with Crippen molar-refractivity contribution in [3.05, 3.63) is 99.4 Å². The Labute approximate surface area is 265 Å². The Morgan fingerprint density at radius 3 is 2.52 bits per heavy atom. The molecule has 46 heavy (non-hydrogen) atoms. The first kappa shape index (κ1) is 32.3. The molecule has 3 amide bonds. The van der Waals surface area contributed by atoms with E-state index in [1.165, 1.54) is 18.5 Å². The number of rotatable bonds is 10. The zero-order valence-corrected chi connectivity index (χ0v) is 25.3. The molecule has 2 aromatic carbocycles. The van der Waals surface area contributed by atoms with Crippen molar-refractivity contribution < 1.29 is 27.9 Å². The molecule has 0 aliphatic heterocycles. The third-order valence-electron chi connectivity index (χ3n) is 6.96. The number of anilines is 1. The molecule has 0 saturated carbocycles. The number of fused-ring (bicyclic) bond motifs is 1. The van der Waals surface area contributed by atoms with Crippen molar-refractivity contribution in [2.24, 2.45) is 0 Å². The van der Waals surface area contributed by atoms with E-state index in [0.29, 0.717) is 41.7 Å². The molecule has 5 rings (SSSR count). The Bertz CT molecular complexity index is 1940. The first-order chi connectivity index (χ1) is 22.1. The van der Waals surface area contributed by atoms with Crippen molar-refractivity contribution in [3.63, 3.8) is 0 Å². The van der Waals surface area contributed by atoms with Crippen molar-refractivity contribution >= 4 is 40.0 Å². The summed E-state index contributed by atoms with van der Waals surface area (Å²) >= 11 is 0.798. The third kappa shape index (κ3) is 7.24. The fraction of sp³-hybridized carbons (Fsp3) is 0.219. The first-order valence-corrected chi connectivity index (χ1v) is 15.2. The molecule has 14 heteroatoms. The minimum absolute atomic E-state index is 0.0559. The number of amides is 3. The number of carbonyl (C=O) groups is 2. The van der Waals surface area contributed by atoms with Crippen LogP contribution < -0.4 is 21.4 Å². The van der Waals surface area contributed by atoms with Gasteiger partial charge < -0.3 is 20.3 Å². The maximum absolute atomic E-state index is 13.5. The van der Waals surface area contributed by atoms with Gasteiger partial charge >= 0.3 is 12.2 Å². The summed E-state index contributed by atoms with van der Waals surface area (Å²) in [5.41, 5.74) is 0.980. The quantitative estimate of drug-likeness (QED) is 0.147. The van der Waals surface area contributed by atoms with Crippen molar-refractivity contribution in [1.29, 1.82) is 0 Å². The Balaban J connectivity index is 1.67. The molecule has 0 saturated heterocycles. The number of halogens is 3. The number of hydrogen-bond donors (Lipinski definition) is 4. The van der Waals surface area contributed by atoms with Crippen LogP contribution in [-0.2, 0) is 12.7 Å². The molecule has 3 heterocycles. The molecule has 3 aromatic heterocycles. The SMILES string of the molecule is CCNC(=O)Nc1cc(-c2nc(C(F)(F)F)cs2)c(-c2ccc3c(=O)c(C(=O)NCCCO)cn(Cc4ccccc4)c3c2)cn1. The molecule has 10 nitrogen and oxygen atoms in total. The van der Waals surface area contributed by atoms with Gasteiger partial charge in [-0.15, -0.1) is 11.3 Å². The molecular weight excluding hydrogens is 621 g/mol. The average Bonchev–Trinajstić information content (AvgIpc) is 3.54. The van der Waals surface area contributed by atoms with E-state index in [2.05, 4.69) is 25.9 Å². The van der Waals surface area contributed by atoms with Crippen LogP contribution in [-0.4, -0.2) is 51.3 Å². The van der Waals surface area contributed by atoms with Gasteiger partial charge in [-0.05, 0) is 42.7 Å². The minimum atomic E-state index is -4.65. The van der Waals surface area contributed by atoms with Crippen LogP contribution in [0.2, 0.25) is 0 Å². The normalized spacial score (nSPS) is 11.4. The number of aliphatic hydroxyl groups is 1. The molecule has 5 aromatic rings. The molecule has 0 unspecified atom stereocenters. The fourth-order valence-electron chi connectivity index (χ4n) is 4.79. The van der Waals surface area contributed by atoms with Gasteiger partial charge in [-0.25, -0.2) is 14.8 Å². The van der Waals surface area contributed by atoms with Crippen LogP contribution >= 0.6 is 11.3 Å². The first-order valence-electron chi connectivity index (χ1n) is 14.3. The molecular formula is C32H29F3N6O4S. The summed E-state index contributed by atoms with van der Waals surface area (Å²) in [6.07, 6.45) is -1.42. The summed E-state index contributed by atoms with van der Waals surface area (Å²) in [7, 11) is 0. The summed E-state index contributed by atoms with van der Waals surface area (Å²) in [5, 5.41) is 18.1. The zero-order valence-electron chi connectivity index (χ0n) is 24.5. The lowest BCUT2D eigenvalue weighted by molar-refractivity contribution is -0.140. The van der Waals surface area contributed by atoms with Gasteiger partial charge in [-0.3, -0.25) is 14.9 Å². The van der Waals surface area contributed by atoms with E-state index in [0.717, 1.165) is 22.3 Å². The predicted octanol–water partition coefficient (Wildman–Crippen LogP) is 5.51. The summed E-state index contributed by atoms with van der Waals surface area (Å²) in [6.45, 7) is 2.47. The van der Waals surface area contributed by atoms with E-state index < -0.39 is 29.2 Å². The molecule has 0 radical (unpaired) electrons. The topological polar surface area (TPSA) is 138 Å². The van der Waals surface area contributed by atoms with E-state index in [9.17, 15) is 27.6 Å². The standard InChI is InChI=1S/C32H29F3N6O4S/c1-2-36-31(45)40-27-14-22(30-39-26(18-46-30)32(33,34)35)23(15-38-27)20-9-10-21-25(13-20)41(16-19-7-4-3-5-8-19)17-24(28(21)43)29(44)37-11-6-12-42/h3-5,7-10,13-15,17-18,42H,2,6,11-12,16H2,1H3,(H,37,44)(H2,36,38,40,45). The Morgan fingerprint density at radius 2 is 1.83 bits per heavy atom. The van der Waals surface area contributed by atoms with Crippen LogP contribution in [0.1, 0.15) is 35.0 Å². The average molecular weight is 651 g/mol. The summed E-state index contributed by atoms with van der Waals surface area (Å²) in [5.74, 6) is -0.468. The van der Waals surface area contributed by atoms with Gasteiger partial charge in [-0.1, -0.05) is 36.4 Å². The third-order valence-corrected chi connectivity index (χ3v) is 7.84. The number of alkyl halides is 3. The zero-order chi connectivity index (χ0) is 32.8. The van der Waals surface area contributed by atoms with Gasteiger partial charge in [0.25, 0.3) is 5.91 Å². The van der Waals surface area contributed by atoms with Gasteiger partial charge in [-0.2, -0.15) is 13.2 Å². The number of thiazole rings is 1. The second-order valence-electron chi connectivity index (χ2n) is 10.2. The van der Waals surface area contributed by atoms with Crippen molar-refractivity contribution in [1.82, 2.24) is 25.2 Å². The van der Waals surface area contributed by atoms with E-state index in [1.807, 2.05) is 30.3 Å². The Kier molecular flexibility index (Phi) is 9.78. The largest absolute Gasteiger partial charge is 0.434 e. The second-order valence-corrected chi connectivity index (χ2v) is 11.0. The molecule has 0 spiro atoms. The summed E-state index contributed by atoms with van der Waals surface area (Å²) in [6, 6.07) is 15.2. The fourth-order valence-corrected chi connectivity index (χ4v) is 5.64. The second kappa shape index (κ2) is 13.9. The maximum Gasteiger partial charge on any atom is 0.434 e. The lowest BCUT2D eigenvalue weighted by atomic mass is 9.99. The predicted molar refractivity (Wildman–Crippen MR) is 170 cm³/mol. The van der Waals surface area contributed by atoms with E-state index in [-0.39, 0.29) is 34.9 Å². The molecule has 0 aliphatic rings. The number of urea groups is 1. The van der Waals surface area contributed by atoms with Crippen molar-refractivity contribution in [2.45, 2.75) is 26.1 Å². The number of aromatic nitrogens is 3. The van der Waals surface area contributed by atoms with Gasteiger partial charge in [0.2, 0.25) is 5.43 Å². The number of benzene rings is 2. The smallest absolute Gasteiger partial charge is 0.396 e. The van der Waals surface area contributed by atoms with Crippen molar-refractivity contribution in [2.75, 3.05) is 25.0 Å². The highest BCUT2D eigenvalue weighted by Crippen LogP contribution is 2.39. The maximum atomic E-state index is 13.5. The summed E-state index contributed by atoms with van der Waals surface area (Å²) in [4.78, 5) is 46.8. The molecule has 0 aliphatic carbocycles. The van der Waals surface area contributed by atoms with Crippen LogP contribution in [0.5, 0.6) is 0 Å². The minimum Gasteiger partial charge on any atom is -0.396 e.